The standard InChI is InChI=1S/C19H15FN2O3S2/c20-13-6-2-1-5-12(13)11-16-18(25)22(19(26)27-16)10-9-17(24)21-14-7-3-4-8-15(14)23/h1-8,11,23H,9-10H2,(H,21,24)/b16-11+. The molecule has 2 N–H and O–H groups in total. The van der Waals surface area contributed by atoms with Crippen molar-refractivity contribution in [1.82, 2.24) is 4.90 Å². The van der Waals surface area contributed by atoms with Crippen molar-refractivity contribution >= 4 is 51.9 Å². The van der Waals surface area contributed by atoms with Crippen LogP contribution < -0.4 is 5.32 Å². The minimum atomic E-state index is -0.426. The highest BCUT2D eigenvalue weighted by molar-refractivity contribution is 8.26. The average molecular weight is 402 g/mol. The topological polar surface area (TPSA) is 69.6 Å². The number of carbonyl (C=O) groups excluding carboxylic acids is 2. The van der Waals surface area contributed by atoms with Gasteiger partial charge in [-0.1, -0.05) is 54.3 Å². The molecule has 27 heavy (non-hydrogen) atoms. The van der Waals surface area contributed by atoms with Gasteiger partial charge in [0.2, 0.25) is 5.91 Å². The molecule has 1 aliphatic heterocycles. The van der Waals surface area contributed by atoms with E-state index in [9.17, 15) is 19.1 Å². The van der Waals surface area contributed by atoms with Crippen LogP contribution in [-0.4, -0.2) is 32.7 Å². The van der Waals surface area contributed by atoms with Gasteiger partial charge in [-0.3, -0.25) is 14.5 Å². The van der Waals surface area contributed by atoms with E-state index in [1.54, 1.807) is 36.4 Å². The third-order valence-corrected chi connectivity index (χ3v) is 5.18. The van der Waals surface area contributed by atoms with Gasteiger partial charge in [0, 0.05) is 18.5 Å². The zero-order valence-electron chi connectivity index (χ0n) is 14.0. The molecule has 0 atom stereocenters. The second kappa shape index (κ2) is 8.32. The van der Waals surface area contributed by atoms with E-state index in [0.717, 1.165) is 11.8 Å². The summed E-state index contributed by atoms with van der Waals surface area (Å²) in [5.74, 6) is -1.18. The highest BCUT2D eigenvalue weighted by atomic mass is 32.2. The SMILES string of the molecule is O=C(CCN1C(=O)/C(=C\c2ccccc2F)SC1=S)Nc1ccccc1O. The molecule has 0 unspecified atom stereocenters. The van der Waals surface area contributed by atoms with Crippen molar-refractivity contribution in [3.63, 3.8) is 0 Å². The van der Waals surface area contributed by atoms with E-state index in [0.29, 0.717) is 20.5 Å². The maximum absolute atomic E-state index is 13.8. The number of benzene rings is 2. The van der Waals surface area contributed by atoms with Crippen LogP contribution >= 0.6 is 24.0 Å². The fourth-order valence-electron chi connectivity index (χ4n) is 2.43. The predicted molar refractivity (Wildman–Crippen MR) is 108 cm³/mol. The molecule has 3 rings (SSSR count). The number of nitrogens with one attached hydrogen (secondary N) is 1. The van der Waals surface area contributed by atoms with Crippen LogP contribution in [0.25, 0.3) is 6.08 Å². The lowest BCUT2D eigenvalue weighted by Gasteiger charge is -2.14. The molecular weight excluding hydrogens is 387 g/mol. The van der Waals surface area contributed by atoms with E-state index in [2.05, 4.69) is 5.32 Å². The smallest absolute Gasteiger partial charge is 0.266 e. The summed E-state index contributed by atoms with van der Waals surface area (Å²) in [6, 6.07) is 12.5. The number of phenolic OH excluding ortho intramolecular Hbond substituents is 1. The molecule has 5 nitrogen and oxygen atoms in total. The number of nitrogens with zero attached hydrogens (tertiary/aromatic N) is 1. The Kier molecular flexibility index (Phi) is 5.88. The number of para-hydroxylation sites is 2. The van der Waals surface area contributed by atoms with E-state index >= 15 is 0 Å². The number of amides is 2. The summed E-state index contributed by atoms with van der Waals surface area (Å²) in [6.45, 7) is 0.0959. The van der Waals surface area contributed by atoms with Gasteiger partial charge in [-0.2, -0.15) is 0 Å². The Labute approximate surface area is 164 Å². The van der Waals surface area contributed by atoms with Gasteiger partial charge in [0.1, 0.15) is 15.9 Å². The molecule has 1 fully saturated rings. The largest absolute Gasteiger partial charge is 0.506 e. The molecule has 2 amide bonds. The third-order valence-electron chi connectivity index (χ3n) is 3.81. The van der Waals surface area contributed by atoms with Crippen molar-refractivity contribution in [2.45, 2.75) is 6.42 Å². The Bertz CT molecular complexity index is 946. The van der Waals surface area contributed by atoms with Crippen LogP contribution in [0.3, 0.4) is 0 Å². The molecule has 2 aromatic rings. The van der Waals surface area contributed by atoms with Crippen LogP contribution in [0.15, 0.2) is 53.4 Å². The molecule has 2 aromatic carbocycles. The monoisotopic (exact) mass is 402 g/mol. The van der Waals surface area contributed by atoms with Crippen molar-refractivity contribution in [1.29, 1.82) is 0 Å². The minimum absolute atomic E-state index is 0.00769. The van der Waals surface area contributed by atoms with Crippen LogP contribution in [0.5, 0.6) is 5.75 Å². The maximum Gasteiger partial charge on any atom is 0.266 e. The van der Waals surface area contributed by atoms with Crippen molar-refractivity contribution in [2.24, 2.45) is 0 Å². The molecule has 0 radical (unpaired) electrons. The van der Waals surface area contributed by atoms with Crippen LogP contribution in [0, 0.1) is 5.82 Å². The Morgan fingerprint density at radius 1 is 1.22 bits per heavy atom. The lowest BCUT2D eigenvalue weighted by molar-refractivity contribution is -0.122. The molecule has 0 bridgehead atoms. The third kappa shape index (κ3) is 4.53. The molecular formula is C19H15FN2O3S2. The number of hydrogen-bond donors (Lipinski definition) is 2. The molecule has 0 aliphatic carbocycles. The summed E-state index contributed by atoms with van der Waals surface area (Å²) in [5.41, 5.74) is 0.600. The van der Waals surface area contributed by atoms with Gasteiger partial charge in [-0.05, 0) is 24.3 Å². The number of anilines is 1. The lowest BCUT2D eigenvalue weighted by Crippen LogP contribution is -2.31. The second-order valence-electron chi connectivity index (χ2n) is 5.67. The number of thioether (sulfide) groups is 1. The van der Waals surface area contributed by atoms with Crippen molar-refractivity contribution in [2.75, 3.05) is 11.9 Å². The van der Waals surface area contributed by atoms with Crippen LogP contribution in [0.1, 0.15) is 12.0 Å². The first-order valence-corrected chi connectivity index (χ1v) is 9.26. The van der Waals surface area contributed by atoms with E-state index in [1.165, 1.54) is 23.1 Å². The Hall–Kier alpha value is -2.71. The number of halogens is 1. The van der Waals surface area contributed by atoms with Gasteiger partial charge in [-0.25, -0.2) is 4.39 Å². The molecule has 138 valence electrons. The molecule has 0 aromatic heterocycles. The fourth-order valence-corrected chi connectivity index (χ4v) is 3.73. The first-order chi connectivity index (χ1) is 13.0. The van der Waals surface area contributed by atoms with Crippen LogP contribution in [-0.2, 0) is 9.59 Å². The molecule has 1 saturated heterocycles. The summed E-state index contributed by atoms with van der Waals surface area (Å²) >= 11 is 6.28. The van der Waals surface area contributed by atoms with Gasteiger partial charge < -0.3 is 10.4 Å². The summed E-state index contributed by atoms with van der Waals surface area (Å²) in [7, 11) is 0. The highest BCUT2D eigenvalue weighted by Gasteiger charge is 2.32. The average Bonchev–Trinajstić information content (AvgIpc) is 2.90. The number of thiocarbonyl (C=S) groups is 1. The highest BCUT2D eigenvalue weighted by Crippen LogP contribution is 2.33. The minimum Gasteiger partial charge on any atom is -0.506 e. The van der Waals surface area contributed by atoms with Gasteiger partial charge in [0.05, 0.1) is 10.6 Å². The zero-order chi connectivity index (χ0) is 19.4. The number of phenols is 1. The van der Waals surface area contributed by atoms with E-state index in [4.69, 9.17) is 12.2 Å². The van der Waals surface area contributed by atoms with Gasteiger partial charge in [0.25, 0.3) is 5.91 Å². The summed E-state index contributed by atoms with van der Waals surface area (Å²) in [6.07, 6.45) is 1.46. The number of rotatable bonds is 5. The summed E-state index contributed by atoms with van der Waals surface area (Å²) < 4.78 is 14.1. The second-order valence-corrected chi connectivity index (χ2v) is 7.35. The number of aromatic hydroxyl groups is 1. The van der Waals surface area contributed by atoms with Gasteiger partial charge in [-0.15, -0.1) is 0 Å². The van der Waals surface area contributed by atoms with E-state index in [1.807, 2.05) is 0 Å². The normalized spacial score (nSPS) is 15.4. The Morgan fingerprint density at radius 3 is 2.67 bits per heavy atom. The van der Waals surface area contributed by atoms with Crippen molar-refractivity contribution in [3.8, 4) is 5.75 Å². The first kappa shape index (κ1) is 19.1. The number of carbonyl (C=O) groups is 2. The van der Waals surface area contributed by atoms with Crippen LogP contribution in [0.2, 0.25) is 0 Å². The van der Waals surface area contributed by atoms with Gasteiger partial charge in [0.15, 0.2) is 0 Å². The first-order valence-electron chi connectivity index (χ1n) is 8.03. The molecule has 0 spiro atoms. The van der Waals surface area contributed by atoms with Gasteiger partial charge >= 0.3 is 0 Å². The molecule has 0 saturated carbocycles. The maximum atomic E-state index is 13.8. The quantitative estimate of drug-likeness (QED) is 0.453. The Morgan fingerprint density at radius 2 is 1.93 bits per heavy atom. The van der Waals surface area contributed by atoms with Crippen molar-refractivity contribution < 1.29 is 19.1 Å². The molecule has 1 aliphatic rings. The summed E-state index contributed by atoms with van der Waals surface area (Å²) in [5, 5.41) is 12.3. The lowest BCUT2D eigenvalue weighted by atomic mass is 10.2. The van der Waals surface area contributed by atoms with Crippen molar-refractivity contribution in [3.05, 3.63) is 64.8 Å². The Balaban J connectivity index is 1.63. The fraction of sp³-hybridized carbons (Fsp3) is 0.105. The van der Waals surface area contributed by atoms with Crippen LogP contribution in [0.4, 0.5) is 10.1 Å². The summed E-state index contributed by atoms with van der Waals surface area (Å²) in [4.78, 5) is 26.2. The van der Waals surface area contributed by atoms with E-state index in [-0.39, 0.29) is 30.5 Å². The zero-order valence-corrected chi connectivity index (χ0v) is 15.6. The predicted octanol–water partition coefficient (Wildman–Crippen LogP) is 3.76. The number of hydrogen-bond acceptors (Lipinski definition) is 5. The van der Waals surface area contributed by atoms with E-state index < -0.39 is 5.82 Å². The molecule has 1 heterocycles. The molecule has 8 heteroatoms.